The maximum absolute atomic E-state index is 15.0. The minimum atomic E-state index is 0.0359. The number of benzene rings is 2. The van der Waals surface area contributed by atoms with E-state index in [2.05, 4.69) is 19.1 Å². The summed E-state index contributed by atoms with van der Waals surface area (Å²) >= 11 is 0. The van der Waals surface area contributed by atoms with Gasteiger partial charge in [-0.15, -0.1) is 0 Å². The van der Waals surface area contributed by atoms with Crippen molar-refractivity contribution in [1.29, 1.82) is 0 Å². The molecule has 0 amide bonds. The molecule has 4 unspecified atom stereocenters. The zero-order valence-electron chi connectivity index (χ0n) is 14.1. The van der Waals surface area contributed by atoms with Gasteiger partial charge < -0.3 is 0 Å². The smallest absolute Gasteiger partial charge is 0.134 e. The van der Waals surface area contributed by atoms with Crippen LogP contribution in [0.4, 0.5) is 4.39 Å². The van der Waals surface area contributed by atoms with Crippen LogP contribution in [0.15, 0.2) is 36.4 Å². The van der Waals surface area contributed by atoms with Gasteiger partial charge in [-0.25, -0.2) is 4.39 Å². The molecule has 0 radical (unpaired) electrons. The third-order valence-electron chi connectivity index (χ3n) is 6.63. The van der Waals surface area contributed by atoms with Gasteiger partial charge >= 0.3 is 0 Å². The molecule has 4 atom stereocenters. The molecule has 0 spiro atoms. The molecule has 0 nitrogen and oxygen atoms in total. The molecule has 2 aromatic rings. The van der Waals surface area contributed by atoms with Crippen LogP contribution in [0.25, 0.3) is 10.8 Å². The first kappa shape index (κ1) is 15.2. The summed E-state index contributed by atoms with van der Waals surface area (Å²) in [5, 5.41) is 1.81. The fourth-order valence-electron chi connectivity index (χ4n) is 5.21. The lowest BCUT2D eigenvalue weighted by Gasteiger charge is -2.42. The van der Waals surface area contributed by atoms with Gasteiger partial charge in [-0.3, -0.25) is 0 Å². The van der Waals surface area contributed by atoms with E-state index in [4.69, 9.17) is 0 Å². The van der Waals surface area contributed by atoms with Crippen LogP contribution in [0, 0.1) is 23.6 Å². The Bertz CT molecular complexity index is 689. The van der Waals surface area contributed by atoms with Crippen molar-refractivity contribution >= 4 is 10.8 Å². The zero-order valence-corrected chi connectivity index (χ0v) is 14.1. The minimum Gasteiger partial charge on any atom is -0.206 e. The molecule has 0 aliphatic heterocycles. The summed E-state index contributed by atoms with van der Waals surface area (Å²) < 4.78 is 15.0. The quantitative estimate of drug-likeness (QED) is 0.579. The van der Waals surface area contributed by atoms with Crippen molar-refractivity contribution in [3.8, 4) is 0 Å². The lowest BCUT2D eigenvalue weighted by molar-refractivity contribution is 0.116. The third-order valence-corrected chi connectivity index (χ3v) is 6.63. The molecule has 0 aromatic heterocycles. The van der Waals surface area contributed by atoms with Crippen molar-refractivity contribution in [2.45, 2.75) is 57.8 Å². The summed E-state index contributed by atoms with van der Waals surface area (Å²) in [6, 6.07) is 12.0. The van der Waals surface area contributed by atoms with Crippen LogP contribution in [0.3, 0.4) is 0 Å². The minimum absolute atomic E-state index is 0.0359. The van der Waals surface area contributed by atoms with Crippen molar-refractivity contribution in [3.05, 3.63) is 47.8 Å². The second-order valence-electron chi connectivity index (χ2n) is 7.81. The number of halogens is 1. The van der Waals surface area contributed by atoms with E-state index >= 15 is 0 Å². The standard InChI is InChI=1S/C22H27F/c1-2-15-7-8-18-14-19(10-9-17(18)13-15)21-12-11-16-5-3-4-6-20(16)22(21)23/h3-6,11-12,15,17-19H,2,7-10,13-14H2,1H3. The Hall–Kier alpha value is -1.37. The molecule has 0 bridgehead atoms. The molecule has 0 N–H and O–H groups in total. The van der Waals surface area contributed by atoms with E-state index in [1.807, 2.05) is 24.3 Å². The van der Waals surface area contributed by atoms with Crippen LogP contribution in [0.1, 0.15) is 63.4 Å². The van der Waals surface area contributed by atoms with Crippen LogP contribution >= 0.6 is 0 Å². The highest BCUT2D eigenvalue weighted by molar-refractivity contribution is 5.83. The Kier molecular flexibility index (Phi) is 4.13. The molecule has 2 aliphatic rings. The van der Waals surface area contributed by atoms with E-state index in [0.29, 0.717) is 5.92 Å². The van der Waals surface area contributed by atoms with E-state index in [1.54, 1.807) is 0 Å². The molecule has 0 heterocycles. The molecule has 0 saturated heterocycles. The van der Waals surface area contributed by atoms with E-state index in [0.717, 1.165) is 34.1 Å². The highest BCUT2D eigenvalue weighted by Crippen LogP contribution is 2.48. The topological polar surface area (TPSA) is 0 Å². The van der Waals surface area contributed by atoms with Gasteiger partial charge in [0, 0.05) is 5.39 Å². The van der Waals surface area contributed by atoms with E-state index in [9.17, 15) is 4.39 Å². The number of fused-ring (bicyclic) bond motifs is 2. The summed E-state index contributed by atoms with van der Waals surface area (Å²) in [6.45, 7) is 2.33. The SMILES string of the molecule is CCC1CCC2CC(c3ccc4ccccc4c3F)CCC2C1. The largest absolute Gasteiger partial charge is 0.206 e. The maximum Gasteiger partial charge on any atom is 0.134 e. The Balaban J connectivity index is 1.57. The Morgan fingerprint density at radius 2 is 1.70 bits per heavy atom. The summed E-state index contributed by atoms with van der Waals surface area (Å²) in [5.41, 5.74) is 0.972. The fraction of sp³-hybridized carbons (Fsp3) is 0.545. The molecule has 23 heavy (non-hydrogen) atoms. The normalized spacial score (nSPS) is 31.0. The zero-order chi connectivity index (χ0) is 15.8. The van der Waals surface area contributed by atoms with Crippen LogP contribution in [-0.4, -0.2) is 0 Å². The van der Waals surface area contributed by atoms with Crippen LogP contribution in [-0.2, 0) is 0 Å². The summed E-state index contributed by atoms with van der Waals surface area (Å²) in [6.07, 6.45) is 9.21. The van der Waals surface area contributed by atoms with Crippen molar-refractivity contribution in [2.24, 2.45) is 17.8 Å². The molecule has 2 fully saturated rings. The molecular formula is C22H27F. The van der Waals surface area contributed by atoms with Crippen molar-refractivity contribution in [3.63, 3.8) is 0 Å². The lowest BCUT2D eigenvalue weighted by atomic mass is 9.63. The Morgan fingerprint density at radius 1 is 0.913 bits per heavy atom. The van der Waals surface area contributed by atoms with Gasteiger partial charge in [0.2, 0.25) is 0 Å². The van der Waals surface area contributed by atoms with Crippen LogP contribution in [0.5, 0.6) is 0 Å². The lowest BCUT2D eigenvalue weighted by Crippen LogP contribution is -2.30. The molecule has 2 aromatic carbocycles. The highest BCUT2D eigenvalue weighted by Gasteiger charge is 2.36. The molecule has 4 rings (SSSR count). The number of hydrogen-bond acceptors (Lipinski definition) is 0. The molecule has 2 aliphatic carbocycles. The van der Waals surface area contributed by atoms with E-state index < -0.39 is 0 Å². The van der Waals surface area contributed by atoms with E-state index in [-0.39, 0.29) is 5.82 Å². The van der Waals surface area contributed by atoms with Gasteiger partial charge in [0.25, 0.3) is 0 Å². The fourth-order valence-corrected chi connectivity index (χ4v) is 5.21. The maximum atomic E-state index is 15.0. The highest BCUT2D eigenvalue weighted by atomic mass is 19.1. The molecule has 1 heteroatoms. The first-order valence-corrected chi connectivity index (χ1v) is 9.43. The summed E-state index contributed by atoms with van der Waals surface area (Å²) in [7, 11) is 0. The van der Waals surface area contributed by atoms with Crippen molar-refractivity contribution in [1.82, 2.24) is 0 Å². The predicted octanol–water partition coefficient (Wildman–Crippen LogP) is 6.69. The number of hydrogen-bond donors (Lipinski definition) is 0. The van der Waals surface area contributed by atoms with Gasteiger partial charge in [0.15, 0.2) is 0 Å². The predicted molar refractivity (Wildman–Crippen MR) is 95.1 cm³/mol. The van der Waals surface area contributed by atoms with Gasteiger partial charge in [0.05, 0.1) is 0 Å². The average Bonchev–Trinajstić information content (AvgIpc) is 2.61. The first-order chi connectivity index (χ1) is 11.3. The van der Waals surface area contributed by atoms with Gasteiger partial charge in [-0.05, 0) is 66.7 Å². The summed E-state index contributed by atoms with van der Waals surface area (Å²) in [5.74, 6) is 3.16. The number of rotatable bonds is 2. The molecular weight excluding hydrogens is 283 g/mol. The first-order valence-electron chi connectivity index (χ1n) is 9.43. The molecule has 122 valence electrons. The Labute approximate surface area is 139 Å². The summed E-state index contributed by atoms with van der Waals surface area (Å²) in [4.78, 5) is 0. The monoisotopic (exact) mass is 310 g/mol. The Morgan fingerprint density at radius 3 is 2.57 bits per heavy atom. The van der Waals surface area contributed by atoms with Crippen LogP contribution < -0.4 is 0 Å². The van der Waals surface area contributed by atoms with Gasteiger partial charge in [-0.2, -0.15) is 0 Å². The van der Waals surface area contributed by atoms with E-state index in [1.165, 1.54) is 44.9 Å². The van der Waals surface area contributed by atoms with Crippen molar-refractivity contribution in [2.75, 3.05) is 0 Å². The van der Waals surface area contributed by atoms with Gasteiger partial charge in [-0.1, -0.05) is 56.2 Å². The van der Waals surface area contributed by atoms with Crippen molar-refractivity contribution < 1.29 is 4.39 Å². The molecule has 2 saturated carbocycles. The second-order valence-corrected chi connectivity index (χ2v) is 7.81. The average molecular weight is 310 g/mol. The van der Waals surface area contributed by atoms with Crippen LogP contribution in [0.2, 0.25) is 0 Å². The second kappa shape index (κ2) is 6.26. The third kappa shape index (κ3) is 2.79. The van der Waals surface area contributed by atoms with Gasteiger partial charge in [0.1, 0.15) is 5.82 Å².